The molecule has 2 aromatic heterocycles. The molecule has 6 heteroatoms. The van der Waals surface area contributed by atoms with Crippen molar-refractivity contribution in [1.29, 1.82) is 0 Å². The van der Waals surface area contributed by atoms with Gasteiger partial charge in [-0.25, -0.2) is 9.97 Å². The third-order valence-electron chi connectivity index (χ3n) is 5.10. The Balaban J connectivity index is 1.62. The standard InChI is InChI=1S/C18H24N4OS/c1-10-14-11(2)19-16(12-6-7-12)21-18(14)24-15(10)17(23)20-13-5-4-8-22(3)9-13/h12-13H,4-9H2,1-3H3,(H,20,23). The number of hydrogen-bond acceptors (Lipinski definition) is 5. The summed E-state index contributed by atoms with van der Waals surface area (Å²) < 4.78 is 0. The smallest absolute Gasteiger partial charge is 0.261 e. The molecule has 0 aromatic carbocycles. The average Bonchev–Trinajstić information content (AvgIpc) is 3.31. The lowest BCUT2D eigenvalue weighted by Crippen LogP contribution is -2.46. The summed E-state index contributed by atoms with van der Waals surface area (Å²) >= 11 is 1.52. The minimum Gasteiger partial charge on any atom is -0.347 e. The number of likely N-dealkylation sites (N-methyl/N-ethyl adjacent to an activating group) is 1. The van der Waals surface area contributed by atoms with Gasteiger partial charge in [-0.3, -0.25) is 4.79 Å². The number of hydrogen-bond donors (Lipinski definition) is 1. The van der Waals surface area contributed by atoms with E-state index in [1.54, 1.807) is 0 Å². The summed E-state index contributed by atoms with van der Waals surface area (Å²) in [5.41, 5.74) is 2.03. The van der Waals surface area contributed by atoms with Crippen LogP contribution in [0.3, 0.4) is 0 Å². The highest BCUT2D eigenvalue weighted by molar-refractivity contribution is 7.20. The molecule has 2 aromatic rings. The van der Waals surface area contributed by atoms with Gasteiger partial charge in [0.2, 0.25) is 0 Å². The maximum Gasteiger partial charge on any atom is 0.261 e. The van der Waals surface area contributed by atoms with Crippen LogP contribution in [0.4, 0.5) is 0 Å². The Labute approximate surface area is 146 Å². The SMILES string of the molecule is Cc1nc(C2CC2)nc2sc(C(=O)NC3CCCN(C)C3)c(C)c12. The van der Waals surface area contributed by atoms with Crippen molar-refractivity contribution in [2.45, 2.75) is 51.5 Å². The molecule has 1 unspecified atom stereocenters. The number of amides is 1. The topological polar surface area (TPSA) is 58.1 Å². The van der Waals surface area contributed by atoms with Gasteiger partial charge in [-0.1, -0.05) is 0 Å². The van der Waals surface area contributed by atoms with E-state index in [9.17, 15) is 4.79 Å². The molecule has 128 valence electrons. The van der Waals surface area contributed by atoms with E-state index in [2.05, 4.69) is 22.2 Å². The van der Waals surface area contributed by atoms with Crippen molar-refractivity contribution in [3.05, 3.63) is 22.0 Å². The first-order valence-electron chi connectivity index (χ1n) is 8.80. The Morgan fingerprint density at radius 3 is 2.75 bits per heavy atom. The molecule has 2 fully saturated rings. The molecule has 24 heavy (non-hydrogen) atoms. The van der Waals surface area contributed by atoms with E-state index in [-0.39, 0.29) is 11.9 Å². The van der Waals surface area contributed by atoms with Crippen LogP contribution in [0.2, 0.25) is 0 Å². The second-order valence-corrected chi connectivity index (χ2v) is 8.25. The summed E-state index contributed by atoms with van der Waals surface area (Å²) in [5.74, 6) is 1.54. The molecule has 1 aliphatic carbocycles. The van der Waals surface area contributed by atoms with Crippen molar-refractivity contribution in [1.82, 2.24) is 20.2 Å². The second kappa shape index (κ2) is 6.08. The normalized spacial score (nSPS) is 22.0. The molecule has 5 nitrogen and oxygen atoms in total. The van der Waals surface area contributed by atoms with Gasteiger partial charge in [0.05, 0.1) is 10.6 Å². The minimum atomic E-state index is 0.0446. The van der Waals surface area contributed by atoms with E-state index in [1.165, 1.54) is 24.2 Å². The summed E-state index contributed by atoms with van der Waals surface area (Å²) in [7, 11) is 2.11. The van der Waals surface area contributed by atoms with Gasteiger partial charge < -0.3 is 10.2 Å². The second-order valence-electron chi connectivity index (χ2n) is 7.25. The van der Waals surface area contributed by atoms with E-state index >= 15 is 0 Å². The van der Waals surface area contributed by atoms with E-state index in [4.69, 9.17) is 4.98 Å². The number of carbonyl (C=O) groups is 1. The van der Waals surface area contributed by atoms with Crippen LogP contribution in [-0.4, -0.2) is 47.0 Å². The maximum absolute atomic E-state index is 12.8. The molecule has 1 saturated carbocycles. The molecule has 0 bridgehead atoms. The lowest BCUT2D eigenvalue weighted by atomic mass is 10.1. The first-order valence-corrected chi connectivity index (χ1v) is 9.61. The van der Waals surface area contributed by atoms with Crippen molar-refractivity contribution < 1.29 is 4.79 Å². The highest BCUT2D eigenvalue weighted by Gasteiger charge is 2.29. The minimum absolute atomic E-state index is 0.0446. The fourth-order valence-corrected chi connectivity index (χ4v) is 4.78. The number of thiophene rings is 1. The molecule has 1 amide bonds. The highest BCUT2D eigenvalue weighted by atomic mass is 32.1. The van der Waals surface area contributed by atoms with Gasteiger partial charge >= 0.3 is 0 Å². The third-order valence-corrected chi connectivity index (χ3v) is 6.28. The molecular weight excluding hydrogens is 320 g/mol. The van der Waals surface area contributed by atoms with Crippen LogP contribution in [-0.2, 0) is 0 Å². The van der Waals surface area contributed by atoms with Crippen LogP contribution >= 0.6 is 11.3 Å². The molecule has 0 radical (unpaired) electrons. The Bertz CT molecular complexity index is 796. The van der Waals surface area contributed by atoms with Gasteiger partial charge in [-0.05, 0) is 58.7 Å². The van der Waals surface area contributed by atoms with Crippen LogP contribution < -0.4 is 5.32 Å². The van der Waals surface area contributed by atoms with Crippen LogP contribution in [0.15, 0.2) is 0 Å². The lowest BCUT2D eigenvalue weighted by molar-refractivity contribution is 0.0916. The third kappa shape index (κ3) is 2.93. The fraction of sp³-hybridized carbons (Fsp3) is 0.611. The molecule has 1 atom stereocenters. The lowest BCUT2D eigenvalue weighted by Gasteiger charge is -2.30. The van der Waals surface area contributed by atoms with Crippen LogP contribution in [0.1, 0.15) is 58.4 Å². The van der Waals surface area contributed by atoms with Gasteiger partial charge in [0.1, 0.15) is 10.7 Å². The van der Waals surface area contributed by atoms with E-state index in [0.717, 1.165) is 58.1 Å². The van der Waals surface area contributed by atoms with Gasteiger partial charge in [-0.2, -0.15) is 0 Å². The molecule has 1 saturated heterocycles. The van der Waals surface area contributed by atoms with Gasteiger partial charge in [0.15, 0.2) is 0 Å². The molecule has 3 heterocycles. The number of piperidine rings is 1. The summed E-state index contributed by atoms with van der Waals surface area (Å²) in [6.45, 7) is 6.11. The maximum atomic E-state index is 12.8. The largest absolute Gasteiger partial charge is 0.347 e. The molecule has 1 N–H and O–H groups in total. The summed E-state index contributed by atoms with van der Waals surface area (Å²) in [4.78, 5) is 26.2. The Kier molecular flexibility index (Phi) is 4.04. The Hall–Kier alpha value is -1.53. The number of nitrogens with zero attached hydrogens (tertiary/aromatic N) is 3. The molecule has 0 spiro atoms. The number of aromatic nitrogens is 2. The first-order chi connectivity index (χ1) is 11.5. The van der Waals surface area contributed by atoms with Gasteiger partial charge in [-0.15, -0.1) is 11.3 Å². The van der Waals surface area contributed by atoms with E-state index in [1.807, 2.05) is 13.8 Å². The monoisotopic (exact) mass is 344 g/mol. The number of carbonyl (C=O) groups excluding carboxylic acids is 1. The molecular formula is C18H24N4OS. The fourth-order valence-electron chi connectivity index (χ4n) is 3.64. The average molecular weight is 344 g/mol. The zero-order chi connectivity index (χ0) is 16.8. The van der Waals surface area contributed by atoms with E-state index < -0.39 is 0 Å². The number of fused-ring (bicyclic) bond motifs is 1. The zero-order valence-corrected chi connectivity index (χ0v) is 15.4. The van der Waals surface area contributed by atoms with Crippen molar-refractivity contribution >= 4 is 27.5 Å². The molecule has 2 aliphatic rings. The Morgan fingerprint density at radius 1 is 1.25 bits per heavy atom. The number of likely N-dealkylation sites (tertiary alicyclic amines) is 1. The first kappa shape index (κ1) is 16.0. The predicted octanol–water partition coefficient (Wildman–Crippen LogP) is 3.01. The quantitative estimate of drug-likeness (QED) is 0.930. The predicted molar refractivity (Wildman–Crippen MR) is 96.8 cm³/mol. The number of aryl methyl sites for hydroxylation is 2. The van der Waals surface area contributed by atoms with E-state index in [0.29, 0.717) is 5.92 Å². The van der Waals surface area contributed by atoms with Crippen LogP contribution in [0, 0.1) is 13.8 Å². The number of rotatable bonds is 3. The molecule has 1 aliphatic heterocycles. The molecule has 4 rings (SSSR count). The highest BCUT2D eigenvalue weighted by Crippen LogP contribution is 2.40. The number of nitrogens with one attached hydrogen (secondary N) is 1. The van der Waals surface area contributed by atoms with Crippen molar-refractivity contribution in [3.8, 4) is 0 Å². The van der Waals surface area contributed by atoms with Crippen molar-refractivity contribution in [3.63, 3.8) is 0 Å². The van der Waals surface area contributed by atoms with Crippen molar-refractivity contribution in [2.75, 3.05) is 20.1 Å². The van der Waals surface area contributed by atoms with Crippen molar-refractivity contribution in [2.24, 2.45) is 0 Å². The summed E-state index contributed by atoms with van der Waals surface area (Å²) in [6, 6.07) is 0.245. The van der Waals surface area contributed by atoms with Gasteiger partial charge in [0, 0.05) is 23.9 Å². The summed E-state index contributed by atoms with van der Waals surface area (Å²) in [6.07, 6.45) is 4.59. The summed E-state index contributed by atoms with van der Waals surface area (Å²) in [5, 5.41) is 4.28. The Morgan fingerprint density at radius 2 is 2.04 bits per heavy atom. The van der Waals surface area contributed by atoms with Crippen LogP contribution in [0.25, 0.3) is 10.2 Å². The van der Waals surface area contributed by atoms with Crippen LogP contribution in [0.5, 0.6) is 0 Å². The zero-order valence-electron chi connectivity index (χ0n) is 14.6. The van der Waals surface area contributed by atoms with Gasteiger partial charge in [0.25, 0.3) is 5.91 Å².